The van der Waals surface area contributed by atoms with Gasteiger partial charge in [-0.15, -0.1) is 5.10 Å². The Bertz CT molecular complexity index is 1140. The SMILES string of the molecule is CCCNc1nc(N(Cc2ccc(OC)cc2)Cc2ccc(OC)cc2)c2nc(Br)cn2n1. The van der Waals surface area contributed by atoms with Crippen LogP contribution in [-0.4, -0.2) is 40.3 Å². The van der Waals surface area contributed by atoms with Crippen LogP contribution in [0, 0.1) is 0 Å². The summed E-state index contributed by atoms with van der Waals surface area (Å²) in [6, 6.07) is 16.1. The first-order valence-electron chi connectivity index (χ1n) is 10.8. The number of hydrogen-bond donors (Lipinski definition) is 1. The Balaban J connectivity index is 1.75. The zero-order valence-electron chi connectivity index (χ0n) is 19.0. The molecule has 2 aromatic carbocycles. The maximum atomic E-state index is 5.32. The Morgan fingerprint density at radius 3 is 2.00 bits per heavy atom. The van der Waals surface area contributed by atoms with Crippen molar-refractivity contribution in [3.63, 3.8) is 0 Å². The molecule has 0 radical (unpaired) electrons. The van der Waals surface area contributed by atoms with Crippen LogP contribution in [0.4, 0.5) is 11.8 Å². The van der Waals surface area contributed by atoms with E-state index < -0.39 is 0 Å². The molecule has 8 nitrogen and oxygen atoms in total. The smallest absolute Gasteiger partial charge is 0.243 e. The molecule has 0 amide bonds. The highest BCUT2D eigenvalue weighted by molar-refractivity contribution is 9.10. The van der Waals surface area contributed by atoms with Gasteiger partial charge >= 0.3 is 0 Å². The number of aromatic nitrogens is 4. The summed E-state index contributed by atoms with van der Waals surface area (Å²) in [6.45, 7) is 4.18. The molecule has 4 aromatic rings. The summed E-state index contributed by atoms with van der Waals surface area (Å²) in [6.07, 6.45) is 2.82. The van der Waals surface area contributed by atoms with Gasteiger partial charge in [0.05, 0.1) is 20.4 Å². The van der Waals surface area contributed by atoms with Gasteiger partial charge in [-0.3, -0.25) is 0 Å². The van der Waals surface area contributed by atoms with Gasteiger partial charge < -0.3 is 19.7 Å². The predicted octanol–water partition coefficient (Wildman–Crippen LogP) is 4.93. The van der Waals surface area contributed by atoms with E-state index >= 15 is 0 Å². The highest BCUT2D eigenvalue weighted by Gasteiger charge is 2.19. The van der Waals surface area contributed by atoms with Crippen LogP contribution >= 0.6 is 15.9 Å². The zero-order chi connectivity index (χ0) is 23.2. The molecule has 0 aliphatic heterocycles. The number of rotatable bonds is 10. The average Bonchev–Trinajstić information content (AvgIpc) is 3.22. The van der Waals surface area contributed by atoms with Gasteiger partial charge in [0.25, 0.3) is 0 Å². The van der Waals surface area contributed by atoms with E-state index in [1.807, 2.05) is 30.5 Å². The second-order valence-electron chi connectivity index (χ2n) is 7.57. The second kappa shape index (κ2) is 10.5. The average molecular weight is 511 g/mol. The molecule has 1 N–H and O–H groups in total. The van der Waals surface area contributed by atoms with Gasteiger partial charge in [0.15, 0.2) is 11.5 Å². The molecule has 0 fully saturated rings. The minimum atomic E-state index is 0.568. The quantitative estimate of drug-likeness (QED) is 0.324. The van der Waals surface area contributed by atoms with Crippen LogP contribution in [0.25, 0.3) is 5.65 Å². The van der Waals surface area contributed by atoms with Gasteiger partial charge in [0.2, 0.25) is 5.95 Å². The number of imidazole rings is 1. The van der Waals surface area contributed by atoms with E-state index in [-0.39, 0.29) is 0 Å². The van der Waals surface area contributed by atoms with E-state index in [1.165, 1.54) is 0 Å². The summed E-state index contributed by atoms with van der Waals surface area (Å²) in [5, 5.41) is 7.88. The lowest BCUT2D eigenvalue weighted by Crippen LogP contribution is -2.25. The van der Waals surface area contributed by atoms with Gasteiger partial charge in [-0.2, -0.15) is 4.98 Å². The summed E-state index contributed by atoms with van der Waals surface area (Å²) < 4.78 is 13.1. The van der Waals surface area contributed by atoms with Crippen molar-refractivity contribution in [3.05, 3.63) is 70.5 Å². The molecule has 0 saturated heterocycles. The minimum Gasteiger partial charge on any atom is -0.497 e. The van der Waals surface area contributed by atoms with E-state index in [0.717, 1.165) is 41.4 Å². The van der Waals surface area contributed by atoms with E-state index in [0.29, 0.717) is 29.3 Å². The van der Waals surface area contributed by atoms with E-state index in [2.05, 4.69) is 67.4 Å². The topological polar surface area (TPSA) is 76.8 Å². The van der Waals surface area contributed by atoms with Crippen molar-refractivity contribution in [2.24, 2.45) is 0 Å². The van der Waals surface area contributed by atoms with E-state index in [9.17, 15) is 0 Å². The maximum absolute atomic E-state index is 5.32. The van der Waals surface area contributed by atoms with Crippen LogP contribution in [-0.2, 0) is 13.1 Å². The van der Waals surface area contributed by atoms with Crippen molar-refractivity contribution >= 4 is 33.3 Å². The zero-order valence-corrected chi connectivity index (χ0v) is 20.5. The van der Waals surface area contributed by atoms with Crippen molar-refractivity contribution in [3.8, 4) is 11.5 Å². The van der Waals surface area contributed by atoms with Gasteiger partial charge in [0, 0.05) is 19.6 Å². The van der Waals surface area contributed by atoms with Crippen molar-refractivity contribution in [2.75, 3.05) is 31.0 Å². The number of fused-ring (bicyclic) bond motifs is 1. The third kappa shape index (κ3) is 5.54. The summed E-state index contributed by atoms with van der Waals surface area (Å²) in [4.78, 5) is 11.7. The van der Waals surface area contributed by atoms with Crippen LogP contribution < -0.4 is 19.7 Å². The normalized spacial score (nSPS) is 10.9. The second-order valence-corrected chi connectivity index (χ2v) is 8.38. The predicted molar refractivity (Wildman–Crippen MR) is 133 cm³/mol. The first-order valence-corrected chi connectivity index (χ1v) is 11.6. The molecule has 2 aromatic heterocycles. The number of ether oxygens (including phenoxy) is 2. The van der Waals surface area contributed by atoms with Crippen LogP contribution in [0.2, 0.25) is 0 Å². The molecule has 2 heterocycles. The molecule has 33 heavy (non-hydrogen) atoms. The summed E-state index contributed by atoms with van der Waals surface area (Å²) in [5.74, 6) is 2.97. The summed E-state index contributed by atoms with van der Waals surface area (Å²) >= 11 is 3.48. The molecular formula is C24H27BrN6O2. The fraction of sp³-hybridized carbons (Fsp3) is 0.292. The Morgan fingerprint density at radius 1 is 0.909 bits per heavy atom. The number of methoxy groups -OCH3 is 2. The van der Waals surface area contributed by atoms with Crippen molar-refractivity contribution in [1.29, 1.82) is 0 Å². The maximum Gasteiger partial charge on any atom is 0.243 e. The third-order valence-electron chi connectivity index (χ3n) is 5.17. The lowest BCUT2D eigenvalue weighted by atomic mass is 10.1. The molecule has 0 spiro atoms. The molecule has 0 unspecified atom stereocenters. The van der Waals surface area contributed by atoms with E-state index in [4.69, 9.17) is 14.5 Å². The first kappa shape index (κ1) is 22.8. The number of benzene rings is 2. The Labute approximate surface area is 201 Å². The molecule has 4 rings (SSSR count). The van der Waals surface area contributed by atoms with Crippen LogP contribution in [0.1, 0.15) is 24.5 Å². The van der Waals surface area contributed by atoms with Crippen LogP contribution in [0.5, 0.6) is 11.5 Å². The van der Waals surface area contributed by atoms with Crippen molar-refractivity contribution in [1.82, 2.24) is 19.6 Å². The Hall–Kier alpha value is -3.33. The first-order chi connectivity index (χ1) is 16.1. The Morgan fingerprint density at radius 2 is 1.48 bits per heavy atom. The fourth-order valence-corrected chi connectivity index (χ4v) is 3.84. The molecular weight excluding hydrogens is 484 g/mol. The molecule has 0 aliphatic rings. The molecule has 172 valence electrons. The van der Waals surface area contributed by atoms with Crippen LogP contribution in [0.3, 0.4) is 0 Å². The number of nitrogens with one attached hydrogen (secondary N) is 1. The van der Waals surface area contributed by atoms with Crippen LogP contribution in [0.15, 0.2) is 59.3 Å². The summed E-state index contributed by atoms with van der Waals surface area (Å²) in [7, 11) is 3.34. The molecule has 9 heteroatoms. The minimum absolute atomic E-state index is 0.568. The van der Waals surface area contributed by atoms with E-state index in [1.54, 1.807) is 18.7 Å². The standard InChI is InChI=1S/C24H27BrN6O2/c1-4-13-26-24-28-22(23-27-21(25)16-31(23)29-24)30(14-17-5-9-19(32-2)10-6-17)15-18-7-11-20(33-3)12-8-18/h5-12,16H,4,13-15H2,1-3H3,(H,26,29). The molecule has 0 saturated carbocycles. The number of halogens is 1. The van der Waals surface area contributed by atoms with Crippen molar-refractivity contribution in [2.45, 2.75) is 26.4 Å². The fourth-order valence-electron chi connectivity index (χ4n) is 3.48. The third-order valence-corrected chi connectivity index (χ3v) is 5.55. The molecule has 0 atom stereocenters. The monoisotopic (exact) mass is 510 g/mol. The van der Waals surface area contributed by atoms with Gasteiger partial charge in [0.1, 0.15) is 16.1 Å². The number of hydrogen-bond acceptors (Lipinski definition) is 7. The number of nitrogens with zero attached hydrogens (tertiary/aromatic N) is 5. The molecule has 0 aliphatic carbocycles. The number of anilines is 2. The summed E-state index contributed by atoms with van der Waals surface area (Å²) in [5.41, 5.74) is 2.95. The molecule has 0 bridgehead atoms. The van der Waals surface area contributed by atoms with Crippen molar-refractivity contribution < 1.29 is 9.47 Å². The highest BCUT2D eigenvalue weighted by atomic mass is 79.9. The van der Waals surface area contributed by atoms with Gasteiger partial charge in [-0.05, 0) is 57.7 Å². The van der Waals surface area contributed by atoms with Gasteiger partial charge in [-0.25, -0.2) is 9.50 Å². The lowest BCUT2D eigenvalue weighted by molar-refractivity contribution is 0.414. The Kier molecular flexibility index (Phi) is 7.29. The lowest BCUT2D eigenvalue weighted by Gasteiger charge is -2.25. The van der Waals surface area contributed by atoms with Gasteiger partial charge in [-0.1, -0.05) is 31.2 Å². The highest BCUT2D eigenvalue weighted by Crippen LogP contribution is 2.26. The largest absolute Gasteiger partial charge is 0.497 e.